The molecule has 0 unspecified atom stereocenters. The van der Waals surface area contributed by atoms with E-state index in [1.165, 1.54) is 16.3 Å². The van der Waals surface area contributed by atoms with Crippen LogP contribution in [0, 0.1) is 5.92 Å². The Morgan fingerprint density at radius 3 is 2.41 bits per heavy atom. The van der Waals surface area contributed by atoms with E-state index in [-0.39, 0.29) is 5.92 Å². The molecule has 5 nitrogen and oxygen atoms in total. The molecule has 6 heteroatoms. The second-order valence-corrected chi connectivity index (χ2v) is 9.27. The second kappa shape index (κ2) is 9.47. The highest BCUT2D eigenvalue weighted by Crippen LogP contribution is 2.25. The lowest BCUT2D eigenvalue weighted by atomic mass is 9.95. The molecule has 2 saturated heterocycles. The molecule has 1 aromatic heterocycles. The molecule has 3 heterocycles. The van der Waals surface area contributed by atoms with E-state index in [0.29, 0.717) is 10.9 Å². The number of hydrogen-bond acceptors (Lipinski definition) is 4. The van der Waals surface area contributed by atoms with Gasteiger partial charge in [-0.3, -0.25) is 9.69 Å². The van der Waals surface area contributed by atoms with Crippen molar-refractivity contribution >= 4 is 34.1 Å². The summed E-state index contributed by atoms with van der Waals surface area (Å²) in [6.45, 7) is 6.18. The van der Waals surface area contributed by atoms with Gasteiger partial charge in [-0.1, -0.05) is 54.1 Å². The van der Waals surface area contributed by atoms with Gasteiger partial charge >= 0.3 is 0 Å². The first-order chi connectivity index (χ1) is 15.7. The van der Waals surface area contributed by atoms with Crippen molar-refractivity contribution in [1.29, 1.82) is 0 Å². The van der Waals surface area contributed by atoms with Crippen LogP contribution >= 0.6 is 11.6 Å². The molecule has 2 aliphatic rings. The smallest absolute Gasteiger partial charge is 0.225 e. The van der Waals surface area contributed by atoms with Gasteiger partial charge in [0.05, 0.1) is 5.02 Å². The first kappa shape index (κ1) is 21.2. The Labute approximate surface area is 194 Å². The number of benzene rings is 2. The maximum Gasteiger partial charge on any atom is 0.225 e. The van der Waals surface area contributed by atoms with Gasteiger partial charge < -0.3 is 9.80 Å². The van der Waals surface area contributed by atoms with Gasteiger partial charge in [0.15, 0.2) is 0 Å². The van der Waals surface area contributed by atoms with E-state index in [1.54, 1.807) is 6.20 Å². The van der Waals surface area contributed by atoms with Crippen LogP contribution in [0.4, 0.5) is 5.82 Å². The van der Waals surface area contributed by atoms with Crippen LogP contribution in [0.3, 0.4) is 0 Å². The first-order valence-corrected chi connectivity index (χ1v) is 11.9. The molecule has 2 fully saturated rings. The summed E-state index contributed by atoms with van der Waals surface area (Å²) in [7, 11) is 0. The highest BCUT2D eigenvalue weighted by Gasteiger charge is 2.30. The maximum absolute atomic E-state index is 13.1. The number of piperazine rings is 1. The third kappa shape index (κ3) is 4.59. The van der Waals surface area contributed by atoms with Crippen LogP contribution in [-0.2, 0) is 11.3 Å². The quantitative estimate of drug-likeness (QED) is 0.591. The summed E-state index contributed by atoms with van der Waals surface area (Å²) < 4.78 is 0. The lowest BCUT2D eigenvalue weighted by Gasteiger charge is -2.39. The number of hydrogen-bond donors (Lipinski definition) is 0. The largest absolute Gasteiger partial charge is 0.357 e. The molecule has 0 radical (unpaired) electrons. The van der Waals surface area contributed by atoms with Crippen molar-refractivity contribution in [2.45, 2.75) is 19.4 Å². The predicted molar refractivity (Wildman–Crippen MR) is 130 cm³/mol. The van der Waals surface area contributed by atoms with Gasteiger partial charge in [0, 0.05) is 57.9 Å². The Morgan fingerprint density at radius 1 is 0.906 bits per heavy atom. The molecule has 1 amide bonds. The zero-order valence-corrected chi connectivity index (χ0v) is 19.0. The lowest BCUT2D eigenvalue weighted by molar-refractivity contribution is -0.138. The lowest BCUT2D eigenvalue weighted by Crippen LogP contribution is -2.51. The van der Waals surface area contributed by atoms with E-state index in [1.807, 2.05) is 12.1 Å². The number of aromatic nitrogens is 1. The summed E-state index contributed by atoms with van der Waals surface area (Å²) in [6.07, 6.45) is 3.46. The number of amides is 1. The molecule has 3 aromatic rings. The Bertz CT molecular complexity index is 1070. The fourth-order valence-corrected chi connectivity index (χ4v) is 5.08. The third-order valence-electron chi connectivity index (χ3n) is 6.84. The van der Waals surface area contributed by atoms with E-state index in [2.05, 4.69) is 62.1 Å². The molecular weight excluding hydrogens is 420 g/mol. The molecule has 2 aromatic carbocycles. The zero-order chi connectivity index (χ0) is 21.9. The molecule has 5 rings (SSSR count). The average Bonchev–Trinajstić information content (AvgIpc) is 2.85. The Balaban J connectivity index is 1.13. The molecule has 2 aliphatic heterocycles. The normalized spacial score (nSPS) is 18.3. The number of rotatable bonds is 4. The molecular formula is C26H29ClN4O. The topological polar surface area (TPSA) is 39.7 Å². The minimum absolute atomic E-state index is 0.128. The van der Waals surface area contributed by atoms with Crippen molar-refractivity contribution < 1.29 is 4.79 Å². The first-order valence-electron chi connectivity index (χ1n) is 11.5. The molecule has 0 saturated carbocycles. The molecule has 0 bridgehead atoms. The summed E-state index contributed by atoms with van der Waals surface area (Å²) in [5.41, 5.74) is 1.37. The number of pyridine rings is 1. The van der Waals surface area contributed by atoms with Crippen LogP contribution in [0.15, 0.2) is 60.8 Å². The summed E-state index contributed by atoms with van der Waals surface area (Å²) in [5.74, 6) is 1.41. The van der Waals surface area contributed by atoms with E-state index < -0.39 is 0 Å². The number of carbonyl (C=O) groups excluding carboxylic acids is 1. The SMILES string of the molecule is O=C(C1CCN(c2ccc(Cl)cn2)CC1)N1CCN(Cc2cccc3ccccc23)CC1. The number of halogens is 1. The highest BCUT2D eigenvalue weighted by atomic mass is 35.5. The van der Waals surface area contributed by atoms with E-state index in [9.17, 15) is 4.79 Å². The van der Waals surface area contributed by atoms with Crippen LogP contribution in [0.25, 0.3) is 10.8 Å². The molecule has 0 spiro atoms. The molecule has 32 heavy (non-hydrogen) atoms. The fraction of sp³-hybridized carbons (Fsp3) is 0.385. The number of carbonyl (C=O) groups is 1. The third-order valence-corrected chi connectivity index (χ3v) is 7.06. The molecule has 0 atom stereocenters. The minimum atomic E-state index is 0.128. The zero-order valence-electron chi connectivity index (χ0n) is 18.3. The number of fused-ring (bicyclic) bond motifs is 1. The van der Waals surface area contributed by atoms with Crippen molar-refractivity contribution in [3.8, 4) is 0 Å². The van der Waals surface area contributed by atoms with Gasteiger partial charge in [-0.25, -0.2) is 4.98 Å². The van der Waals surface area contributed by atoms with Crippen LogP contribution in [-0.4, -0.2) is 60.0 Å². The summed E-state index contributed by atoms with van der Waals surface area (Å²) in [6, 6.07) is 18.9. The van der Waals surface area contributed by atoms with Gasteiger partial charge in [0.2, 0.25) is 5.91 Å². The van der Waals surface area contributed by atoms with Gasteiger partial charge in [-0.05, 0) is 41.3 Å². The van der Waals surface area contributed by atoms with E-state index in [4.69, 9.17) is 11.6 Å². The van der Waals surface area contributed by atoms with E-state index in [0.717, 1.165) is 64.5 Å². The molecule has 0 aliphatic carbocycles. The van der Waals surface area contributed by atoms with Crippen LogP contribution in [0.2, 0.25) is 5.02 Å². The van der Waals surface area contributed by atoms with Crippen LogP contribution in [0.1, 0.15) is 18.4 Å². The predicted octanol–water partition coefficient (Wildman–Crippen LogP) is 4.45. The van der Waals surface area contributed by atoms with Crippen LogP contribution in [0.5, 0.6) is 0 Å². The summed E-state index contributed by atoms with van der Waals surface area (Å²) in [4.78, 5) is 24.4. The number of nitrogens with zero attached hydrogens (tertiary/aromatic N) is 4. The maximum atomic E-state index is 13.1. The van der Waals surface area contributed by atoms with Crippen molar-refractivity contribution in [2.24, 2.45) is 5.92 Å². The van der Waals surface area contributed by atoms with E-state index >= 15 is 0 Å². The monoisotopic (exact) mass is 448 g/mol. The Hall–Kier alpha value is -2.63. The standard InChI is InChI=1S/C26H29ClN4O/c27-23-8-9-25(28-18-23)30-12-10-21(11-13-30)26(32)31-16-14-29(15-17-31)19-22-6-3-5-20-4-1-2-7-24(20)22/h1-9,18,21H,10-17,19H2. The molecule has 0 N–H and O–H groups in total. The molecule has 166 valence electrons. The van der Waals surface area contributed by atoms with Gasteiger partial charge in [-0.15, -0.1) is 0 Å². The number of piperidine rings is 1. The van der Waals surface area contributed by atoms with Crippen molar-refractivity contribution in [2.75, 3.05) is 44.2 Å². The van der Waals surface area contributed by atoms with Crippen LogP contribution < -0.4 is 4.90 Å². The van der Waals surface area contributed by atoms with Crippen molar-refractivity contribution in [3.05, 3.63) is 71.4 Å². The second-order valence-electron chi connectivity index (χ2n) is 8.84. The van der Waals surface area contributed by atoms with Gasteiger partial charge in [0.25, 0.3) is 0 Å². The summed E-state index contributed by atoms with van der Waals surface area (Å²) >= 11 is 5.95. The average molecular weight is 449 g/mol. The summed E-state index contributed by atoms with van der Waals surface area (Å²) in [5, 5.41) is 3.27. The Morgan fingerprint density at radius 2 is 1.66 bits per heavy atom. The minimum Gasteiger partial charge on any atom is -0.357 e. The van der Waals surface area contributed by atoms with Crippen molar-refractivity contribution in [1.82, 2.24) is 14.8 Å². The highest BCUT2D eigenvalue weighted by molar-refractivity contribution is 6.30. The van der Waals surface area contributed by atoms with Gasteiger partial charge in [-0.2, -0.15) is 0 Å². The fourth-order valence-electron chi connectivity index (χ4n) is 4.97. The van der Waals surface area contributed by atoms with Gasteiger partial charge in [0.1, 0.15) is 5.82 Å². The Kier molecular flexibility index (Phi) is 6.28. The van der Waals surface area contributed by atoms with Crippen molar-refractivity contribution in [3.63, 3.8) is 0 Å². The number of anilines is 1.